The molecular weight excluding hydrogens is 220 g/mol. The number of ether oxygens (including phenoxy) is 1. The molecule has 1 saturated heterocycles. The van der Waals surface area contributed by atoms with Gasteiger partial charge in [0.2, 0.25) is 0 Å². The fourth-order valence-electron chi connectivity index (χ4n) is 1.68. The molecule has 0 bridgehead atoms. The van der Waals surface area contributed by atoms with E-state index in [1.54, 1.807) is 7.11 Å². The van der Waals surface area contributed by atoms with Crippen molar-refractivity contribution in [1.29, 1.82) is 0 Å². The van der Waals surface area contributed by atoms with Gasteiger partial charge >= 0.3 is 0 Å². The molecule has 3 nitrogen and oxygen atoms in total. The zero-order valence-electron chi connectivity index (χ0n) is 9.61. The van der Waals surface area contributed by atoms with Crippen LogP contribution in [-0.4, -0.2) is 44.1 Å². The molecule has 0 spiro atoms. The lowest BCUT2D eigenvalue weighted by Gasteiger charge is -2.26. The van der Waals surface area contributed by atoms with Crippen LogP contribution in [0.2, 0.25) is 0 Å². The molecule has 0 amide bonds. The maximum atomic E-state index is 5.14. The van der Waals surface area contributed by atoms with Crippen molar-refractivity contribution in [3.05, 3.63) is 24.3 Å². The second kappa shape index (κ2) is 6.13. The number of nitrogens with zero attached hydrogens (tertiary/aromatic N) is 1. The summed E-state index contributed by atoms with van der Waals surface area (Å²) in [5.41, 5.74) is 0. The number of rotatable bonds is 4. The van der Waals surface area contributed by atoms with E-state index in [1.165, 1.54) is 4.90 Å². The average molecular weight is 238 g/mol. The maximum Gasteiger partial charge on any atom is 0.118 e. The van der Waals surface area contributed by atoms with Crippen molar-refractivity contribution in [2.75, 3.05) is 39.2 Å². The summed E-state index contributed by atoms with van der Waals surface area (Å²) in [7, 11) is 1.70. The Morgan fingerprint density at radius 2 is 1.94 bits per heavy atom. The van der Waals surface area contributed by atoms with Gasteiger partial charge in [0.25, 0.3) is 0 Å². The van der Waals surface area contributed by atoms with Gasteiger partial charge in [-0.05, 0) is 24.3 Å². The summed E-state index contributed by atoms with van der Waals surface area (Å²) in [6.45, 7) is 4.54. The number of piperazine rings is 1. The van der Waals surface area contributed by atoms with Gasteiger partial charge in [-0.3, -0.25) is 4.90 Å². The SMILES string of the molecule is COc1ccc(SCN2CCNCC2)cc1. The molecule has 2 rings (SSSR count). The van der Waals surface area contributed by atoms with Crippen LogP contribution in [-0.2, 0) is 0 Å². The molecule has 16 heavy (non-hydrogen) atoms. The number of methoxy groups -OCH3 is 1. The van der Waals surface area contributed by atoms with Crippen LogP contribution in [0, 0.1) is 0 Å². The van der Waals surface area contributed by atoms with E-state index in [-0.39, 0.29) is 0 Å². The summed E-state index contributed by atoms with van der Waals surface area (Å²) < 4.78 is 5.14. The van der Waals surface area contributed by atoms with Crippen molar-refractivity contribution < 1.29 is 4.74 Å². The Kier molecular flexibility index (Phi) is 4.51. The quantitative estimate of drug-likeness (QED) is 0.806. The van der Waals surface area contributed by atoms with Crippen LogP contribution in [0.25, 0.3) is 0 Å². The van der Waals surface area contributed by atoms with Gasteiger partial charge in [0.1, 0.15) is 5.75 Å². The minimum atomic E-state index is 0.923. The van der Waals surface area contributed by atoms with E-state index in [0.717, 1.165) is 37.8 Å². The Hall–Kier alpha value is -0.710. The molecule has 0 atom stereocenters. The summed E-state index contributed by atoms with van der Waals surface area (Å²) in [6, 6.07) is 8.26. The van der Waals surface area contributed by atoms with Gasteiger partial charge in [0, 0.05) is 37.0 Å². The molecule has 4 heteroatoms. The fourth-order valence-corrected chi connectivity index (χ4v) is 2.60. The molecule has 0 aromatic heterocycles. The topological polar surface area (TPSA) is 24.5 Å². The second-order valence-corrected chi connectivity index (χ2v) is 4.84. The van der Waals surface area contributed by atoms with Crippen molar-refractivity contribution in [3.63, 3.8) is 0 Å². The molecular formula is C12H18N2OS. The Balaban J connectivity index is 1.79. The zero-order valence-corrected chi connectivity index (χ0v) is 10.4. The van der Waals surface area contributed by atoms with Crippen LogP contribution in [0.5, 0.6) is 5.75 Å². The van der Waals surface area contributed by atoms with Gasteiger partial charge < -0.3 is 10.1 Å². The molecule has 1 fully saturated rings. The van der Waals surface area contributed by atoms with Crippen LogP contribution in [0.4, 0.5) is 0 Å². The first kappa shape index (κ1) is 11.8. The molecule has 88 valence electrons. The first-order valence-electron chi connectivity index (χ1n) is 5.58. The smallest absolute Gasteiger partial charge is 0.118 e. The average Bonchev–Trinajstić information content (AvgIpc) is 2.38. The summed E-state index contributed by atoms with van der Waals surface area (Å²) in [5, 5.41) is 3.36. The monoisotopic (exact) mass is 238 g/mol. The van der Waals surface area contributed by atoms with Gasteiger partial charge in [0.05, 0.1) is 7.11 Å². The first-order valence-corrected chi connectivity index (χ1v) is 6.57. The molecule has 1 aromatic rings. The van der Waals surface area contributed by atoms with Gasteiger partial charge in [-0.1, -0.05) is 0 Å². The Morgan fingerprint density at radius 3 is 2.56 bits per heavy atom. The molecule has 0 saturated carbocycles. The van der Waals surface area contributed by atoms with Crippen LogP contribution in [0.15, 0.2) is 29.2 Å². The number of benzene rings is 1. The van der Waals surface area contributed by atoms with Gasteiger partial charge in [-0.25, -0.2) is 0 Å². The molecule has 1 aliphatic rings. The molecule has 1 aromatic carbocycles. The number of hydrogen-bond acceptors (Lipinski definition) is 4. The lowest BCUT2D eigenvalue weighted by atomic mass is 10.3. The molecule has 1 N–H and O–H groups in total. The summed E-state index contributed by atoms with van der Waals surface area (Å²) >= 11 is 1.89. The lowest BCUT2D eigenvalue weighted by Crippen LogP contribution is -2.43. The Bertz CT molecular complexity index is 309. The fraction of sp³-hybridized carbons (Fsp3) is 0.500. The number of nitrogens with one attached hydrogen (secondary N) is 1. The molecule has 0 radical (unpaired) electrons. The van der Waals surface area contributed by atoms with E-state index < -0.39 is 0 Å². The van der Waals surface area contributed by atoms with Crippen molar-refractivity contribution in [2.45, 2.75) is 4.90 Å². The summed E-state index contributed by atoms with van der Waals surface area (Å²) in [5.74, 6) is 2.00. The summed E-state index contributed by atoms with van der Waals surface area (Å²) in [6.07, 6.45) is 0. The third kappa shape index (κ3) is 3.40. The third-order valence-corrected chi connectivity index (χ3v) is 3.78. The maximum absolute atomic E-state index is 5.14. The van der Waals surface area contributed by atoms with Crippen LogP contribution in [0.1, 0.15) is 0 Å². The third-order valence-electron chi connectivity index (χ3n) is 2.68. The largest absolute Gasteiger partial charge is 0.497 e. The minimum absolute atomic E-state index is 0.923. The predicted octanol–water partition coefficient (Wildman–Crippen LogP) is 1.65. The minimum Gasteiger partial charge on any atom is -0.497 e. The van der Waals surface area contributed by atoms with Crippen molar-refractivity contribution in [2.24, 2.45) is 0 Å². The van der Waals surface area contributed by atoms with E-state index in [9.17, 15) is 0 Å². The van der Waals surface area contributed by atoms with Gasteiger partial charge in [-0.2, -0.15) is 0 Å². The highest BCUT2D eigenvalue weighted by molar-refractivity contribution is 7.99. The molecule has 1 heterocycles. The van der Waals surface area contributed by atoms with Crippen LogP contribution < -0.4 is 10.1 Å². The normalized spacial score (nSPS) is 17.3. The Labute approximate surface area is 101 Å². The second-order valence-electron chi connectivity index (χ2n) is 3.82. The molecule has 0 unspecified atom stereocenters. The van der Waals surface area contributed by atoms with Crippen molar-refractivity contribution in [3.8, 4) is 5.75 Å². The first-order chi connectivity index (χ1) is 7.88. The van der Waals surface area contributed by atoms with Gasteiger partial charge in [0.15, 0.2) is 0 Å². The number of thioether (sulfide) groups is 1. The summed E-state index contributed by atoms with van der Waals surface area (Å²) in [4.78, 5) is 3.78. The van der Waals surface area contributed by atoms with Crippen molar-refractivity contribution >= 4 is 11.8 Å². The highest BCUT2D eigenvalue weighted by Gasteiger charge is 2.09. The van der Waals surface area contributed by atoms with Gasteiger partial charge in [-0.15, -0.1) is 11.8 Å². The van der Waals surface area contributed by atoms with Crippen LogP contribution in [0.3, 0.4) is 0 Å². The van der Waals surface area contributed by atoms with E-state index in [4.69, 9.17) is 4.74 Å². The molecule has 0 aliphatic carbocycles. The zero-order chi connectivity index (χ0) is 11.2. The van der Waals surface area contributed by atoms with Crippen LogP contribution >= 0.6 is 11.8 Å². The lowest BCUT2D eigenvalue weighted by molar-refractivity contribution is 0.280. The van der Waals surface area contributed by atoms with E-state index in [0.29, 0.717) is 0 Å². The van der Waals surface area contributed by atoms with E-state index in [1.807, 2.05) is 23.9 Å². The number of hydrogen-bond donors (Lipinski definition) is 1. The Morgan fingerprint density at radius 1 is 1.25 bits per heavy atom. The highest BCUT2D eigenvalue weighted by atomic mass is 32.2. The highest BCUT2D eigenvalue weighted by Crippen LogP contribution is 2.22. The van der Waals surface area contributed by atoms with E-state index in [2.05, 4.69) is 22.3 Å². The predicted molar refractivity (Wildman–Crippen MR) is 68.2 cm³/mol. The molecule has 1 aliphatic heterocycles. The van der Waals surface area contributed by atoms with E-state index >= 15 is 0 Å². The standard InChI is InChI=1S/C12H18N2OS/c1-15-11-2-4-12(5-3-11)16-10-14-8-6-13-7-9-14/h2-5,13H,6-10H2,1H3. The van der Waals surface area contributed by atoms with Crippen molar-refractivity contribution in [1.82, 2.24) is 10.2 Å².